The van der Waals surface area contributed by atoms with Crippen LogP contribution in [0.25, 0.3) is 11.1 Å². The quantitative estimate of drug-likeness (QED) is 0.763. The summed E-state index contributed by atoms with van der Waals surface area (Å²) in [6, 6.07) is 13.5. The Balaban J connectivity index is 2.32. The minimum atomic E-state index is -4.69. The number of hydrogen-bond donors (Lipinski definition) is 0. The van der Waals surface area contributed by atoms with Gasteiger partial charge in [-0.3, -0.25) is 0 Å². The van der Waals surface area contributed by atoms with Crippen LogP contribution in [0.1, 0.15) is 12.0 Å². The number of hydrogen-bond acceptors (Lipinski definition) is 1. The summed E-state index contributed by atoms with van der Waals surface area (Å²) in [6.45, 7) is 3.77. The van der Waals surface area contributed by atoms with Gasteiger partial charge < -0.3 is 4.74 Å². The molecule has 20 heavy (non-hydrogen) atoms. The molecule has 2 rings (SSSR count). The first kappa shape index (κ1) is 14.4. The molecule has 0 bridgehead atoms. The molecule has 0 aliphatic rings. The molecule has 0 aromatic heterocycles. The lowest BCUT2D eigenvalue weighted by atomic mass is 10.0. The average molecular weight is 279 g/mol. The maximum atomic E-state index is 12.4. The number of rotatable bonds is 4. The lowest BCUT2D eigenvalue weighted by molar-refractivity contribution is -0.274. The lowest BCUT2D eigenvalue weighted by Crippen LogP contribution is -2.17. The van der Waals surface area contributed by atoms with E-state index in [1.54, 1.807) is 24.3 Å². The van der Waals surface area contributed by atoms with Crippen LogP contribution >= 0.6 is 0 Å². The first-order valence-corrected chi connectivity index (χ1v) is 6.23. The molecule has 0 amide bonds. The van der Waals surface area contributed by atoms with Crippen LogP contribution in [0.15, 0.2) is 48.5 Å². The Labute approximate surface area is 116 Å². The predicted molar refractivity (Wildman–Crippen MR) is 72.2 cm³/mol. The monoisotopic (exact) mass is 279 g/mol. The topological polar surface area (TPSA) is 9.23 Å². The van der Waals surface area contributed by atoms with Crippen LogP contribution < -0.4 is 4.74 Å². The van der Waals surface area contributed by atoms with E-state index in [4.69, 9.17) is 0 Å². The van der Waals surface area contributed by atoms with Crippen molar-refractivity contribution in [2.45, 2.75) is 19.2 Å². The van der Waals surface area contributed by atoms with E-state index in [1.165, 1.54) is 12.1 Å². The highest BCUT2D eigenvalue weighted by Gasteiger charge is 2.32. The fraction of sp³-hybridized carbons (Fsp3) is 0.188. The van der Waals surface area contributed by atoms with Crippen LogP contribution in [0.4, 0.5) is 13.2 Å². The zero-order chi connectivity index (χ0) is 14.6. The molecule has 0 fully saturated rings. The molecule has 0 saturated heterocycles. The van der Waals surface area contributed by atoms with Crippen LogP contribution in [0, 0.1) is 6.92 Å². The summed E-state index contributed by atoms with van der Waals surface area (Å²) in [5.74, 6) is -0.190. The number of aryl methyl sites for hydroxylation is 1. The van der Waals surface area contributed by atoms with E-state index >= 15 is 0 Å². The summed E-state index contributed by atoms with van der Waals surface area (Å²) < 4.78 is 41.2. The summed E-state index contributed by atoms with van der Waals surface area (Å²) in [4.78, 5) is 0. The molecule has 4 heteroatoms. The highest BCUT2D eigenvalue weighted by molar-refractivity contribution is 5.70. The Morgan fingerprint density at radius 1 is 0.950 bits per heavy atom. The SMILES string of the molecule is [CH2]CCc1ccc(-c2ccccc2OC(F)(F)F)cc1. The molecular weight excluding hydrogens is 265 g/mol. The fourth-order valence-electron chi connectivity index (χ4n) is 1.97. The van der Waals surface area contributed by atoms with Gasteiger partial charge >= 0.3 is 6.36 Å². The Morgan fingerprint density at radius 3 is 2.20 bits per heavy atom. The molecule has 0 N–H and O–H groups in total. The number of ether oxygens (including phenoxy) is 1. The zero-order valence-corrected chi connectivity index (χ0v) is 10.8. The molecule has 0 heterocycles. The highest BCUT2D eigenvalue weighted by Crippen LogP contribution is 2.33. The molecule has 0 aliphatic carbocycles. The first-order valence-electron chi connectivity index (χ1n) is 6.23. The standard InChI is InChI=1S/C16H14F3O/c1-2-5-12-8-10-13(11-9-12)14-6-3-4-7-15(14)20-16(17,18)19/h3-4,6-11H,1-2,5H2. The highest BCUT2D eigenvalue weighted by atomic mass is 19.4. The Bertz CT molecular complexity index is 559. The minimum Gasteiger partial charge on any atom is -0.405 e. The second-order valence-corrected chi connectivity index (χ2v) is 4.34. The molecule has 105 valence electrons. The van der Waals surface area contributed by atoms with Gasteiger partial charge in [0.2, 0.25) is 0 Å². The van der Waals surface area contributed by atoms with Gasteiger partial charge in [0, 0.05) is 5.56 Å². The molecule has 0 atom stereocenters. The number of benzene rings is 2. The smallest absolute Gasteiger partial charge is 0.405 e. The zero-order valence-electron chi connectivity index (χ0n) is 10.8. The molecule has 0 aliphatic heterocycles. The van der Waals surface area contributed by atoms with Gasteiger partial charge in [-0.2, -0.15) is 0 Å². The molecule has 0 unspecified atom stereocenters. The van der Waals surface area contributed by atoms with Crippen LogP contribution in [0.3, 0.4) is 0 Å². The molecule has 0 spiro atoms. The van der Waals surface area contributed by atoms with Gasteiger partial charge in [-0.05, 0) is 30.0 Å². The van der Waals surface area contributed by atoms with E-state index in [9.17, 15) is 13.2 Å². The minimum absolute atomic E-state index is 0.190. The van der Waals surface area contributed by atoms with Crippen LogP contribution in [-0.4, -0.2) is 6.36 Å². The van der Waals surface area contributed by atoms with Gasteiger partial charge in [-0.25, -0.2) is 0 Å². The van der Waals surface area contributed by atoms with E-state index in [0.29, 0.717) is 11.1 Å². The maximum absolute atomic E-state index is 12.4. The molecule has 0 saturated carbocycles. The van der Waals surface area contributed by atoms with Crippen molar-refractivity contribution >= 4 is 0 Å². The number of halogens is 3. The number of alkyl halides is 3. The Hall–Kier alpha value is -1.97. The molecule has 1 nitrogen and oxygen atoms in total. The number of para-hydroxylation sites is 1. The van der Waals surface area contributed by atoms with Crippen molar-refractivity contribution in [2.75, 3.05) is 0 Å². The van der Waals surface area contributed by atoms with E-state index in [1.807, 2.05) is 12.1 Å². The largest absolute Gasteiger partial charge is 0.573 e. The van der Waals surface area contributed by atoms with Gasteiger partial charge in [0.25, 0.3) is 0 Å². The Kier molecular flexibility index (Phi) is 4.32. The molecular formula is C16H14F3O. The van der Waals surface area contributed by atoms with Crippen LogP contribution in [0.5, 0.6) is 5.75 Å². The Morgan fingerprint density at radius 2 is 1.60 bits per heavy atom. The molecule has 2 aromatic rings. The third-order valence-electron chi connectivity index (χ3n) is 2.84. The van der Waals surface area contributed by atoms with Crippen molar-refractivity contribution < 1.29 is 17.9 Å². The van der Waals surface area contributed by atoms with E-state index in [0.717, 1.165) is 18.4 Å². The summed E-state index contributed by atoms with van der Waals surface area (Å²) in [7, 11) is 0. The van der Waals surface area contributed by atoms with Crippen molar-refractivity contribution in [1.82, 2.24) is 0 Å². The fourth-order valence-corrected chi connectivity index (χ4v) is 1.97. The summed E-state index contributed by atoms with van der Waals surface area (Å²) in [5.41, 5.74) is 2.22. The normalized spacial score (nSPS) is 11.4. The maximum Gasteiger partial charge on any atom is 0.573 e. The van der Waals surface area contributed by atoms with E-state index in [-0.39, 0.29) is 5.75 Å². The van der Waals surface area contributed by atoms with E-state index < -0.39 is 6.36 Å². The molecule has 1 radical (unpaired) electrons. The van der Waals surface area contributed by atoms with Gasteiger partial charge in [0.05, 0.1) is 0 Å². The summed E-state index contributed by atoms with van der Waals surface area (Å²) >= 11 is 0. The van der Waals surface area contributed by atoms with Crippen LogP contribution in [-0.2, 0) is 6.42 Å². The van der Waals surface area contributed by atoms with Gasteiger partial charge in [0.15, 0.2) is 0 Å². The van der Waals surface area contributed by atoms with Crippen molar-refractivity contribution in [3.63, 3.8) is 0 Å². The van der Waals surface area contributed by atoms with Crippen molar-refractivity contribution in [3.05, 3.63) is 61.0 Å². The van der Waals surface area contributed by atoms with Gasteiger partial charge in [-0.15, -0.1) is 13.2 Å². The van der Waals surface area contributed by atoms with E-state index in [2.05, 4.69) is 11.7 Å². The van der Waals surface area contributed by atoms with Crippen molar-refractivity contribution in [1.29, 1.82) is 0 Å². The van der Waals surface area contributed by atoms with Crippen molar-refractivity contribution in [2.24, 2.45) is 0 Å². The molecule has 2 aromatic carbocycles. The predicted octanol–water partition coefficient (Wildman–Crippen LogP) is 5.02. The summed E-state index contributed by atoms with van der Waals surface area (Å²) in [5, 5.41) is 0. The second kappa shape index (κ2) is 5.99. The lowest BCUT2D eigenvalue weighted by Gasteiger charge is -2.13. The first-order chi connectivity index (χ1) is 9.49. The van der Waals surface area contributed by atoms with Gasteiger partial charge in [-0.1, -0.05) is 49.4 Å². The third-order valence-corrected chi connectivity index (χ3v) is 2.84. The third kappa shape index (κ3) is 3.76. The van der Waals surface area contributed by atoms with Crippen molar-refractivity contribution in [3.8, 4) is 16.9 Å². The van der Waals surface area contributed by atoms with Gasteiger partial charge in [0.1, 0.15) is 5.75 Å². The average Bonchev–Trinajstić information content (AvgIpc) is 2.39. The second-order valence-electron chi connectivity index (χ2n) is 4.34. The summed E-state index contributed by atoms with van der Waals surface area (Å²) in [6.07, 6.45) is -3.06. The van der Waals surface area contributed by atoms with Crippen LogP contribution in [0.2, 0.25) is 0 Å².